The summed E-state index contributed by atoms with van der Waals surface area (Å²) in [6.07, 6.45) is 6.85. The van der Waals surface area contributed by atoms with Crippen molar-refractivity contribution in [1.82, 2.24) is 15.5 Å². The lowest BCUT2D eigenvalue weighted by Gasteiger charge is -2.14. The molecule has 2 heterocycles. The van der Waals surface area contributed by atoms with Gasteiger partial charge in [-0.25, -0.2) is 0 Å². The second-order valence-electron chi connectivity index (χ2n) is 6.14. The molecule has 2 aromatic rings. The molecule has 1 amide bonds. The molecule has 0 aromatic carbocycles. The number of fused-ring (bicyclic) bond motifs is 1. The Balaban J connectivity index is 1.47. The average molecular weight is 317 g/mol. The van der Waals surface area contributed by atoms with Crippen molar-refractivity contribution in [2.45, 2.75) is 57.9 Å². The highest BCUT2D eigenvalue weighted by Crippen LogP contribution is 2.22. The maximum atomic E-state index is 12.1. The molecule has 1 atom stereocenters. The molecule has 1 aliphatic carbocycles. The number of amides is 1. The van der Waals surface area contributed by atoms with Gasteiger partial charge in [-0.15, -0.1) is 0 Å². The molecule has 0 saturated heterocycles. The Hall–Kier alpha value is -1.62. The van der Waals surface area contributed by atoms with Crippen LogP contribution in [0.3, 0.4) is 0 Å². The predicted molar refractivity (Wildman–Crippen MR) is 89.2 cm³/mol. The monoisotopic (exact) mass is 317 g/mol. The van der Waals surface area contributed by atoms with E-state index in [1.54, 1.807) is 11.3 Å². The fourth-order valence-electron chi connectivity index (χ4n) is 3.15. The fraction of sp³-hybridized carbons (Fsp3) is 0.529. The van der Waals surface area contributed by atoms with Gasteiger partial charge in [-0.1, -0.05) is 0 Å². The van der Waals surface area contributed by atoms with Crippen molar-refractivity contribution >= 4 is 17.2 Å². The van der Waals surface area contributed by atoms with E-state index < -0.39 is 0 Å². The Morgan fingerprint density at radius 1 is 1.45 bits per heavy atom. The van der Waals surface area contributed by atoms with Crippen LogP contribution < -0.4 is 5.32 Å². The van der Waals surface area contributed by atoms with Gasteiger partial charge in [0.1, 0.15) is 0 Å². The summed E-state index contributed by atoms with van der Waals surface area (Å²) in [5.74, 6) is 0.121. The lowest BCUT2D eigenvalue weighted by atomic mass is 9.94. The Morgan fingerprint density at radius 2 is 2.32 bits per heavy atom. The van der Waals surface area contributed by atoms with Crippen LogP contribution in [0, 0.1) is 0 Å². The standard InChI is InChI=1S/C17H23N3OS/c1-12(10-13-8-9-22-11-13)18-17(21)7-6-16-14-4-2-3-5-15(14)19-20-16/h8-9,11-12H,2-7,10H2,1H3,(H,18,21)(H,19,20). The number of carbonyl (C=O) groups excluding carboxylic acids is 1. The summed E-state index contributed by atoms with van der Waals surface area (Å²) in [7, 11) is 0. The number of nitrogens with one attached hydrogen (secondary N) is 2. The lowest BCUT2D eigenvalue weighted by Crippen LogP contribution is -2.34. The van der Waals surface area contributed by atoms with E-state index in [0.717, 1.165) is 31.4 Å². The van der Waals surface area contributed by atoms with Gasteiger partial charge in [-0.05, 0) is 67.0 Å². The third kappa shape index (κ3) is 3.77. The molecule has 118 valence electrons. The highest BCUT2D eigenvalue weighted by Gasteiger charge is 2.17. The Bertz CT molecular complexity index is 618. The lowest BCUT2D eigenvalue weighted by molar-refractivity contribution is -0.121. The van der Waals surface area contributed by atoms with Gasteiger partial charge >= 0.3 is 0 Å². The number of thiophene rings is 1. The van der Waals surface area contributed by atoms with E-state index >= 15 is 0 Å². The maximum absolute atomic E-state index is 12.1. The van der Waals surface area contributed by atoms with Crippen molar-refractivity contribution in [3.8, 4) is 0 Å². The average Bonchev–Trinajstić information content (AvgIpc) is 3.14. The van der Waals surface area contributed by atoms with Crippen LogP contribution in [0.2, 0.25) is 0 Å². The molecule has 0 radical (unpaired) electrons. The quantitative estimate of drug-likeness (QED) is 0.860. The van der Waals surface area contributed by atoms with Gasteiger partial charge in [0.25, 0.3) is 0 Å². The first-order valence-electron chi connectivity index (χ1n) is 8.08. The summed E-state index contributed by atoms with van der Waals surface area (Å²) in [5, 5.41) is 14.8. The molecule has 5 heteroatoms. The van der Waals surface area contributed by atoms with E-state index in [2.05, 4.69) is 39.3 Å². The van der Waals surface area contributed by atoms with Crippen molar-refractivity contribution in [2.75, 3.05) is 0 Å². The number of H-pyrrole nitrogens is 1. The first kappa shape index (κ1) is 15.3. The number of hydrogen-bond acceptors (Lipinski definition) is 3. The van der Waals surface area contributed by atoms with Gasteiger partial charge in [0.2, 0.25) is 5.91 Å². The van der Waals surface area contributed by atoms with Crippen LogP contribution in [0.5, 0.6) is 0 Å². The van der Waals surface area contributed by atoms with E-state index in [-0.39, 0.29) is 11.9 Å². The number of rotatable bonds is 6. The van der Waals surface area contributed by atoms with Crippen molar-refractivity contribution in [3.63, 3.8) is 0 Å². The van der Waals surface area contributed by atoms with E-state index in [1.807, 2.05) is 0 Å². The van der Waals surface area contributed by atoms with Gasteiger partial charge in [0.05, 0.1) is 5.69 Å². The van der Waals surface area contributed by atoms with E-state index in [4.69, 9.17) is 0 Å². The van der Waals surface area contributed by atoms with Crippen LogP contribution in [-0.2, 0) is 30.5 Å². The molecule has 1 unspecified atom stereocenters. The molecule has 2 aromatic heterocycles. The topological polar surface area (TPSA) is 57.8 Å². The molecule has 0 spiro atoms. The highest BCUT2D eigenvalue weighted by atomic mass is 32.1. The van der Waals surface area contributed by atoms with Crippen LogP contribution in [0.25, 0.3) is 0 Å². The molecular weight excluding hydrogens is 294 g/mol. The molecule has 0 aliphatic heterocycles. The number of aryl methyl sites for hydroxylation is 2. The molecule has 1 aliphatic rings. The zero-order valence-corrected chi connectivity index (χ0v) is 13.8. The van der Waals surface area contributed by atoms with Crippen molar-refractivity contribution in [3.05, 3.63) is 39.3 Å². The van der Waals surface area contributed by atoms with E-state index in [1.165, 1.54) is 29.7 Å². The minimum Gasteiger partial charge on any atom is -0.353 e. The van der Waals surface area contributed by atoms with Crippen molar-refractivity contribution in [1.29, 1.82) is 0 Å². The zero-order valence-electron chi connectivity index (χ0n) is 13.0. The summed E-state index contributed by atoms with van der Waals surface area (Å²) >= 11 is 1.70. The summed E-state index contributed by atoms with van der Waals surface area (Å²) in [4.78, 5) is 12.1. The molecular formula is C17H23N3OS. The first-order chi connectivity index (χ1) is 10.7. The Kier molecular flexibility index (Phi) is 4.93. The Morgan fingerprint density at radius 3 is 3.14 bits per heavy atom. The van der Waals surface area contributed by atoms with Gasteiger partial charge in [-0.2, -0.15) is 16.4 Å². The number of aromatic nitrogens is 2. The van der Waals surface area contributed by atoms with Crippen LogP contribution in [0.1, 0.15) is 48.7 Å². The Labute approximate surface area is 135 Å². The van der Waals surface area contributed by atoms with E-state index in [0.29, 0.717) is 6.42 Å². The van der Waals surface area contributed by atoms with Crippen LogP contribution in [0.15, 0.2) is 16.8 Å². The highest BCUT2D eigenvalue weighted by molar-refractivity contribution is 7.07. The predicted octanol–water partition coefficient (Wildman–Crippen LogP) is 3.03. The number of aromatic amines is 1. The maximum Gasteiger partial charge on any atom is 0.220 e. The first-order valence-corrected chi connectivity index (χ1v) is 9.02. The SMILES string of the molecule is CC(Cc1ccsc1)NC(=O)CCc1n[nH]c2c1CCCC2. The minimum atomic E-state index is 0.121. The number of carbonyl (C=O) groups is 1. The molecule has 2 N–H and O–H groups in total. The van der Waals surface area contributed by atoms with Gasteiger partial charge < -0.3 is 5.32 Å². The molecule has 0 fully saturated rings. The second-order valence-corrected chi connectivity index (χ2v) is 6.92. The van der Waals surface area contributed by atoms with Crippen LogP contribution in [0.4, 0.5) is 0 Å². The summed E-state index contributed by atoms with van der Waals surface area (Å²) in [5.41, 5.74) is 5.03. The van der Waals surface area contributed by atoms with Crippen LogP contribution >= 0.6 is 11.3 Å². The normalized spacial score (nSPS) is 15.3. The third-order valence-electron chi connectivity index (χ3n) is 4.26. The van der Waals surface area contributed by atoms with Crippen LogP contribution in [-0.4, -0.2) is 22.1 Å². The molecule has 4 nitrogen and oxygen atoms in total. The molecule has 0 saturated carbocycles. The smallest absolute Gasteiger partial charge is 0.220 e. The number of hydrogen-bond donors (Lipinski definition) is 2. The van der Waals surface area contributed by atoms with Gasteiger partial charge in [0.15, 0.2) is 0 Å². The molecule has 22 heavy (non-hydrogen) atoms. The second kappa shape index (κ2) is 7.09. The van der Waals surface area contributed by atoms with Gasteiger partial charge in [0, 0.05) is 24.6 Å². The molecule has 0 bridgehead atoms. The fourth-order valence-corrected chi connectivity index (χ4v) is 3.83. The zero-order chi connectivity index (χ0) is 15.4. The number of nitrogens with zero attached hydrogens (tertiary/aromatic N) is 1. The summed E-state index contributed by atoms with van der Waals surface area (Å²) in [6.45, 7) is 2.06. The largest absolute Gasteiger partial charge is 0.353 e. The summed E-state index contributed by atoms with van der Waals surface area (Å²) < 4.78 is 0. The summed E-state index contributed by atoms with van der Waals surface area (Å²) in [6, 6.07) is 2.29. The molecule has 3 rings (SSSR count). The third-order valence-corrected chi connectivity index (χ3v) is 4.99. The van der Waals surface area contributed by atoms with Crippen molar-refractivity contribution in [2.24, 2.45) is 0 Å². The van der Waals surface area contributed by atoms with Gasteiger partial charge in [-0.3, -0.25) is 9.89 Å². The van der Waals surface area contributed by atoms with E-state index in [9.17, 15) is 4.79 Å². The van der Waals surface area contributed by atoms with Crippen molar-refractivity contribution < 1.29 is 4.79 Å². The minimum absolute atomic E-state index is 0.121.